The van der Waals surface area contributed by atoms with Crippen molar-refractivity contribution >= 4 is 11.9 Å². The Kier molecular flexibility index (Phi) is 8.48. The summed E-state index contributed by atoms with van der Waals surface area (Å²) in [5.41, 5.74) is -0.230. The number of hydrogen-bond donors (Lipinski definition) is 3. The molecular formula is C33H55NO5. The number of piperidine rings is 1. The highest BCUT2D eigenvalue weighted by atomic mass is 16.5. The van der Waals surface area contributed by atoms with Crippen molar-refractivity contribution in [1.82, 2.24) is 5.32 Å². The van der Waals surface area contributed by atoms with E-state index in [1.54, 1.807) is 6.92 Å². The van der Waals surface area contributed by atoms with Crippen LogP contribution in [0.5, 0.6) is 0 Å². The summed E-state index contributed by atoms with van der Waals surface area (Å²) in [7, 11) is 0. The highest BCUT2D eigenvalue weighted by Gasteiger charge is 2.64. The molecule has 5 aliphatic rings. The Hall–Kier alpha value is -1.14. The van der Waals surface area contributed by atoms with Crippen molar-refractivity contribution < 1.29 is 24.5 Å². The minimum absolute atomic E-state index is 0.0642. The summed E-state index contributed by atoms with van der Waals surface area (Å²) in [5, 5.41) is 24.8. The largest absolute Gasteiger partial charge is 0.481 e. The van der Waals surface area contributed by atoms with E-state index in [0.717, 1.165) is 70.8 Å². The number of aliphatic hydroxyl groups is 1. The highest BCUT2D eigenvalue weighted by Crippen LogP contribution is 2.69. The first-order chi connectivity index (χ1) is 18.4. The van der Waals surface area contributed by atoms with Gasteiger partial charge < -0.3 is 20.3 Å². The second-order valence-corrected chi connectivity index (χ2v) is 15.1. The zero-order valence-corrected chi connectivity index (χ0v) is 25.1. The number of carbonyl (C=O) groups excluding carboxylic acids is 1. The molecule has 0 aromatic heterocycles. The quantitative estimate of drug-likeness (QED) is 0.308. The van der Waals surface area contributed by atoms with Crippen molar-refractivity contribution in [2.45, 2.75) is 142 Å². The second-order valence-electron chi connectivity index (χ2n) is 15.1. The Labute approximate surface area is 236 Å². The molecule has 3 N–H and O–H groups in total. The number of ether oxygens (including phenoxy) is 1. The summed E-state index contributed by atoms with van der Waals surface area (Å²) in [6, 6.07) is 0.546. The Morgan fingerprint density at radius 2 is 1.79 bits per heavy atom. The van der Waals surface area contributed by atoms with E-state index in [1.807, 2.05) is 0 Å². The van der Waals surface area contributed by atoms with Gasteiger partial charge in [0.2, 0.25) is 0 Å². The third-order valence-corrected chi connectivity index (χ3v) is 13.1. The molecule has 4 aliphatic carbocycles. The van der Waals surface area contributed by atoms with Crippen molar-refractivity contribution in [2.75, 3.05) is 6.54 Å². The van der Waals surface area contributed by atoms with E-state index < -0.39 is 11.6 Å². The van der Waals surface area contributed by atoms with Gasteiger partial charge in [0.1, 0.15) is 6.10 Å². The maximum Gasteiger partial charge on any atom is 0.303 e. The van der Waals surface area contributed by atoms with Crippen LogP contribution in [0, 0.1) is 46.3 Å². The number of rotatable bonds is 8. The van der Waals surface area contributed by atoms with Gasteiger partial charge in [0.15, 0.2) is 0 Å². The normalized spacial score (nSPS) is 46.4. The van der Waals surface area contributed by atoms with Crippen LogP contribution in [-0.2, 0) is 14.3 Å². The molecule has 5 fully saturated rings. The van der Waals surface area contributed by atoms with Crippen LogP contribution in [0.2, 0.25) is 0 Å². The van der Waals surface area contributed by atoms with E-state index >= 15 is 0 Å². The molecule has 4 saturated carbocycles. The van der Waals surface area contributed by atoms with Crippen LogP contribution in [-0.4, -0.2) is 46.4 Å². The number of carboxylic acid groups (broad SMARTS) is 1. The van der Waals surface area contributed by atoms with Gasteiger partial charge in [-0.1, -0.05) is 27.2 Å². The average Bonchev–Trinajstić information content (AvgIpc) is 3.25. The van der Waals surface area contributed by atoms with Crippen molar-refractivity contribution in [3.63, 3.8) is 0 Å². The summed E-state index contributed by atoms with van der Waals surface area (Å²) in [6.45, 7) is 9.91. The fourth-order valence-electron chi connectivity index (χ4n) is 11.0. The molecule has 1 saturated heterocycles. The van der Waals surface area contributed by atoms with Crippen LogP contribution >= 0.6 is 0 Å². The fraction of sp³-hybridized carbons (Fsp3) is 0.939. The average molecular weight is 546 g/mol. The third-order valence-electron chi connectivity index (χ3n) is 13.1. The van der Waals surface area contributed by atoms with Gasteiger partial charge in [0.05, 0.1) is 5.60 Å². The fourth-order valence-corrected chi connectivity index (χ4v) is 11.0. The van der Waals surface area contributed by atoms with Crippen molar-refractivity contribution in [1.29, 1.82) is 0 Å². The Morgan fingerprint density at radius 3 is 2.49 bits per heavy atom. The standard InChI is InChI=1S/C33H55NO5/c1-21(8-11-29(36)37)25-9-10-26-30-27(13-14-32(25,26)4)31(3)16-17-33(38,15-12-24-7-5-6-18-34-24)20-23(31)19-28(30)39-22(2)35/h21,23-28,30,34,38H,5-20H2,1-4H3,(H,36,37)/t21-,23-,24?,25-,26+,27+,28-,30+,31+,32-,33-/m1/s1. The van der Waals surface area contributed by atoms with Gasteiger partial charge in [0, 0.05) is 25.3 Å². The topological polar surface area (TPSA) is 95.9 Å². The Morgan fingerprint density at radius 1 is 1.03 bits per heavy atom. The van der Waals surface area contributed by atoms with E-state index in [9.17, 15) is 19.8 Å². The van der Waals surface area contributed by atoms with Gasteiger partial charge in [0.25, 0.3) is 0 Å². The first kappa shape index (κ1) is 29.4. The minimum Gasteiger partial charge on any atom is -0.481 e. The lowest BCUT2D eigenvalue weighted by molar-refractivity contribution is -0.203. The van der Waals surface area contributed by atoms with Crippen molar-refractivity contribution in [3.8, 4) is 0 Å². The van der Waals surface area contributed by atoms with Gasteiger partial charge in [-0.05, 0) is 130 Å². The lowest BCUT2D eigenvalue weighted by Crippen LogP contribution is -2.60. The van der Waals surface area contributed by atoms with Crippen LogP contribution in [0.25, 0.3) is 0 Å². The number of carboxylic acids is 1. The molecular weight excluding hydrogens is 490 g/mol. The molecule has 6 heteroatoms. The molecule has 0 spiro atoms. The first-order valence-electron chi connectivity index (χ1n) is 16.3. The maximum atomic E-state index is 12.4. The predicted octanol–water partition coefficient (Wildman–Crippen LogP) is 6.34. The van der Waals surface area contributed by atoms with Gasteiger partial charge in [-0.15, -0.1) is 0 Å². The number of aliphatic carboxylic acids is 1. The van der Waals surface area contributed by atoms with Crippen molar-refractivity contribution in [2.24, 2.45) is 46.3 Å². The predicted molar refractivity (Wildman–Crippen MR) is 152 cm³/mol. The molecule has 0 aromatic carbocycles. The number of hydrogen-bond acceptors (Lipinski definition) is 5. The van der Waals surface area contributed by atoms with E-state index in [-0.39, 0.29) is 29.3 Å². The number of nitrogens with one attached hydrogen (secondary N) is 1. The van der Waals surface area contributed by atoms with Gasteiger partial charge in [-0.3, -0.25) is 9.59 Å². The molecule has 1 unspecified atom stereocenters. The molecule has 6 nitrogen and oxygen atoms in total. The summed E-state index contributed by atoms with van der Waals surface area (Å²) >= 11 is 0. The Bertz CT molecular complexity index is 903. The lowest BCUT2D eigenvalue weighted by Gasteiger charge is -2.63. The van der Waals surface area contributed by atoms with Gasteiger partial charge in [-0.2, -0.15) is 0 Å². The molecule has 0 amide bonds. The van der Waals surface area contributed by atoms with E-state index in [2.05, 4.69) is 26.1 Å². The van der Waals surface area contributed by atoms with E-state index in [0.29, 0.717) is 41.5 Å². The van der Waals surface area contributed by atoms with E-state index in [4.69, 9.17) is 4.74 Å². The van der Waals surface area contributed by atoms with Crippen LogP contribution < -0.4 is 5.32 Å². The molecule has 0 bridgehead atoms. The molecule has 1 heterocycles. The van der Waals surface area contributed by atoms with Crippen LogP contribution in [0.4, 0.5) is 0 Å². The Balaban J connectivity index is 1.34. The monoisotopic (exact) mass is 545 g/mol. The van der Waals surface area contributed by atoms with Crippen LogP contribution in [0.1, 0.15) is 124 Å². The summed E-state index contributed by atoms with van der Waals surface area (Å²) in [5.74, 6) is 1.88. The molecule has 0 radical (unpaired) electrons. The van der Waals surface area contributed by atoms with Crippen molar-refractivity contribution in [3.05, 3.63) is 0 Å². The maximum absolute atomic E-state index is 12.4. The smallest absolute Gasteiger partial charge is 0.303 e. The zero-order valence-electron chi connectivity index (χ0n) is 25.1. The summed E-state index contributed by atoms with van der Waals surface area (Å²) in [4.78, 5) is 23.7. The van der Waals surface area contributed by atoms with Crippen LogP contribution in [0.15, 0.2) is 0 Å². The first-order valence-corrected chi connectivity index (χ1v) is 16.3. The molecule has 11 atom stereocenters. The number of fused-ring (bicyclic) bond motifs is 5. The summed E-state index contributed by atoms with van der Waals surface area (Å²) < 4.78 is 6.20. The molecule has 1 aliphatic heterocycles. The van der Waals surface area contributed by atoms with Gasteiger partial charge >= 0.3 is 11.9 Å². The summed E-state index contributed by atoms with van der Waals surface area (Å²) in [6.07, 6.45) is 15.0. The number of carbonyl (C=O) groups is 2. The zero-order chi connectivity index (χ0) is 28.0. The third kappa shape index (κ3) is 5.67. The molecule has 222 valence electrons. The minimum atomic E-state index is -0.696. The molecule has 0 aromatic rings. The van der Waals surface area contributed by atoms with Crippen LogP contribution in [0.3, 0.4) is 0 Å². The molecule has 39 heavy (non-hydrogen) atoms. The SMILES string of the molecule is CC(=O)O[C@@H]1C[C@@H]2C[C@@](O)(CCC3CCCCN3)CC[C@]2(C)[C@H]2CC[C@]3(C)[C@@H]([C@H](C)CCC(=O)O)CC[C@H]3[C@H]12. The van der Waals surface area contributed by atoms with E-state index in [1.165, 1.54) is 25.7 Å². The molecule has 5 rings (SSSR count). The highest BCUT2D eigenvalue weighted by molar-refractivity contribution is 5.66. The lowest BCUT2D eigenvalue weighted by atomic mass is 9.42. The number of esters is 1. The second kappa shape index (κ2) is 11.3. The van der Waals surface area contributed by atoms with Gasteiger partial charge in [-0.25, -0.2) is 0 Å².